The fourth-order valence-corrected chi connectivity index (χ4v) is 2.69. The Morgan fingerprint density at radius 2 is 1.57 bits per heavy atom. The van der Waals surface area contributed by atoms with Gasteiger partial charge in [-0.2, -0.15) is 0 Å². The second-order valence-corrected chi connectivity index (χ2v) is 5.21. The largest absolute Gasteiger partial charge is 0.493 e. The van der Waals surface area contributed by atoms with Crippen LogP contribution in [0.2, 0.25) is 0 Å². The summed E-state index contributed by atoms with van der Waals surface area (Å²) in [6.07, 6.45) is 0.0239. The van der Waals surface area contributed by atoms with Crippen molar-refractivity contribution in [2.75, 3.05) is 14.2 Å². The average Bonchev–Trinajstić information content (AvgIpc) is 2.46. The number of ether oxygens (including phenoxy) is 2. The van der Waals surface area contributed by atoms with Gasteiger partial charge in [0, 0.05) is 6.42 Å². The summed E-state index contributed by atoms with van der Waals surface area (Å²) in [5, 5.41) is 10.6. The van der Waals surface area contributed by atoms with E-state index < -0.39 is 6.10 Å². The van der Waals surface area contributed by atoms with Crippen LogP contribution in [0.3, 0.4) is 0 Å². The topological polar surface area (TPSA) is 38.7 Å². The summed E-state index contributed by atoms with van der Waals surface area (Å²) in [6.45, 7) is 4.06. The molecule has 3 nitrogen and oxygen atoms in total. The Bertz CT molecular complexity index is 600. The highest BCUT2D eigenvalue weighted by molar-refractivity contribution is 5.44. The van der Waals surface area contributed by atoms with Crippen molar-refractivity contribution in [2.45, 2.75) is 26.4 Å². The summed E-state index contributed by atoms with van der Waals surface area (Å²) >= 11 is 0. The van der Waals surface area contributed by atoms with Gasteiger partial charge in [0.1, 0.15) is 0 Å². The first-order chi connectivity index (χ1) is 10.1. The molecule has 0 bridgehead atoms. The Morgan fingerprint density at radius 3 is 2.14 bits per heavy atom. The standard InChI is InChI=1S/C18H22O3/c1-12-6-5-7-13(2)18(12)15(19)10-14-8-9-16(20-3)17(11-14)21-4/h5-9,11,15,19H,10H2,1-4H3. The fourth-order valence-electron chi connectivity index (χ4n) is 2.69. The van der Waals surface area contributed by atoms with E-state index >= 15 is 0 Å². The molecule has 3 heteroatoms. The number of methoxy groups -OCH3 is 2. The molecule has 1 N–H and O–H groups in total. The van der Waals surface area contributed by atoms with Crippen molar-refractivity contribution in [3.05, 3.63) is 58.7 Å². The number of aliphatic hydroxyl groups excluding tert-OH is 1. The fraction of sp³-hybridized carbons (Fsp3) is 0.333. The van der Waals surface area contributed by atoms with E-state index in [1.165, 1.54) is 0 Å². The van der Waals surface area contributed by atoms with Crippen LogP contribution in [0.1, 0.15) is 28.4 Å². The first-order valence-electron chi connectivity index (χ1n) is 7.02. The van der Waals surface area contributed by atoms with E-state index in [-0.39, 0.29) is 0 Å². The molecular formula is C18H22O3. The Hall–Kier alpha value is -2.00. The molecule has 0 aliphatic heterocycles. The van der Waals surface area contributed by atoms with Gasteiger partial charge in [0.25, 0.3) is 0 Å². The van der Waals surface area contributed by atoms with Crippen LogP contribution in [0, 0.1) is 13.8 Å². The van der Waals surface area contributed by atoms with E-state index in [0.717, 1.165) is 22.3 Å². The lowest BCUT2D eigenvalue weighted by Crippen LogP contribution is -2.06. The summed E-state index contributed by atoms with van der Waals surface area (Å²) in [5.41, 5.74) is 4.25. The predicted octanol–water partition coefficient (Wildman–Crippen LogP) is 3.60. The van der Waals surface area contributed by atoms with E-state index in [1.807, 2.05) is 50.2 Å². The van der Waals surface area contributed by atoms with Gasteiger partial charge in [0.2, 0.25) is 0 Å². The van der Waals surface area contributed by atoms with Crippen LogP contribution in [0.15, 0.2) is 36.4 Å². The van der Waals surface area contributed by atoms with Crippen LogP contribution in [0.25, 0.3) is 0 Å². The van der Waals surface area contributed by atoms with Gasteiger partial charge in [-0.1, -0.05) is 24.3 Å². The highest BCUT2D eigenvalue weighted by Gasteiger charge is 2.15. The molecule has 0 amide bonds. The van der Waals surface area contributed by atoms with Crippen molar-refractivity contribution in [3.63, 3.8) is 0 Å². The Kier molecular flexibility index (Phi) is 4.86. The maximum Gasteiger partial charge on any atom is 0.160 e. The van der Waals surface area contributed by atoms with Gasteiger partial charge in [-0.15, -0.1) is 0 Å². The molecule has 1 unspecified atom stereocenters. The lowest BCUT2D eigenvalue weighted by atomic mass is 9.94. The number of aryl methyl sites for hydroxylation is 2. The van der Waals surface area contributed by atoms with Crippen molar-refractivity contribution in [2.24, 2.45) is 0 Å². The second-order valence-electron chi connectivity index (χ2n) is 5.21. The average molecular weight is 286 g/mol. The van der Waals surface area contributed by atoms with Gasteiger partial charge in [0.05, 0.1) is 20.3 Å². The van der Waals surface area contributed by atoms with Gasteiger partial charge in [-0.3, -0.25) is 0 Å². The molecule has 1 atom stereocenters. The summed E-state index contributed by atoms with van der Waals surface area (Å²) in [5.74, 6) is 1.38. The molecule has 0 aliphatic rings. The van der Waals surface area contributed by atoms with Crippen LogP contribution in [0.4, 0.5) is 0 Å². The van der Waals surface area contributed by atoms with Crippen molar-refractivity contribution in [1.29, 1.82) is 0 Å². The third kappa shape index (κ3) is 3.37. The van der Waals surface area contributed by atoms with Crippen LogP contribution < -0.4 is 9.47 Å². The maximum absolute atomic E-state index is 10.6. The molecule has 2 aromatic rings. The minimum Gasteiger partial charge on any atom is -0.493 e. The molecule has 0 fully saturated rings. The smallest absolute Gasteiger partial charge is 0.160 e. The number of rotatable bonds is 5. The van der Waals surface area contributed by atoms with Gasteiger partial charge in [-0.05, 0) is 48.2 Å². The molecule has 0 aliphatic carbocycles. The first kappa shape index (κ1) is 15.4. The van der Waals surface area contributed by atoms with Crippen LogP contribution in [-0.4, -0.2) is 19.3 Å². The summed E-state index contributed by atoms with van der Waals surface area (Å²) in [7, 11) is 3.23. The molecule has 0 radical (unpaired) electrons. The second kappa shape index (κ2) is 6.64. The lowest BCUT2D eigenvalue weighted by Gasteiger charge is -2.17. The molecule has 0 saturated heterocycles. The zero-order chi connectivity index (χ0) is 15.4. The van der Waals surface area contributed by atoms with E-state index in [9.17, 15) is 5.11 Å². The quantitative estimate of drug-likeness (QED) is 0.912. The molecule has 2 aromatic carbocycles. The normalized spacial score (nSPS) is 12.0. The van der Waals surface area contributed by atoms with E-state index in [0.29, 0.717) is 17.9 Å². The van der Waals surface area contributed by atoms with Crippen molar-refractivity contribution >= 4 is 0 Å². The number of hydrogen-bond acceptors (Lipinski definition) is 3. The molecule has 112 valence electrons. The third-order valence-corrected chi connectivity index (χ3v) is 3.75. The first-order valence-corrected chi connectivity index (χ1v) is 7.02. The van der Waals surface area contributed by atoms with Gasteiger partial charge < -0.3 is 14.6 Å². The zero-order valence-corrected chi connectivity index (χ0v) is 13.0. The van der Waals surface area contributed by atoms with Crippen molar-refractivity contribution in [1.82, 2.24) is 0 Å². The third-order valence-electron chi connectivity index (χ3n) is 3.75. The summed E-state index contributed by atoms with van der Waals surface area (Å²) in [4.78, 5) is 0. The highest BCUT2D eigenvalue weighted by Crippen LogP contribution is 2.30. The van der Waals surface area contributed by atoms with E-state index in [2.05, 4.69) is 0 Å². The molecule has 0 spiro atoms. The number of aliphatic hydroxyl groups is 1. The maximum atomic E-state index is 10.6. The zero-order valence-electron chi connectivity index (χ0n) is 13.0. The predicted molar refractivity (Wildman–Crippen MR) is 84.1 cm³/mol. The molecular weight excluding hydrogens is 264 g/mol. The Morgan fingerprint density at radius 1 is 0.952 bits per heavy atom. The van der Waals surface area contributed by atoms with Crippen molar-refractivity contribution < 1.29 is 14.6 Å². The number of benzene rings is 2. The van der Waals surface area contributed by atoms with Crippen molar-refractivity contribution in [3.8, 4) is 11.5 Å². The minimum atomic E-state index is -0.524. The Labute approximate surface area is 126 Å². The van der Waals surface area contributed by atoms with Gasteiger partial charge in [0.15, 0.2) is 11.5 Å². The Balaban J connectivity index is 2.25. The molecule has 0 heterocycles. The number of hydrogen-bond donors (Lipinski definition) is 1. The molecule has 0 saturated carbocycles. The lowest BCUT2D eigenvalue weighted by molar-refractivity contribution is 0.177. The monoisotopic (exact) mass is 286 g/mol. The minimum absolute atomic E-state index is 0.524. The highest BCUT2D eigenvalue weighted by atomic mass is 16.5. The summed E-state index contributed by atoms with van der Waals surface area (Å²) < 4.78 is 10.5. The molecule has 21 heavy (non-hydrogen) atoms. The van der Waals surface area contributed by atoms with E-state index in [1.54, 1.807) is 14.2 Å². The summed E-state index contributed by atoms with van der Waals surface area (Å²) in [6, 6.07) is 11.8. The molecule has 2 rings (SSSR count). The van der Waals surface area contributed by atoms with Gasteiger partial charge >= 0.3 is 0 Å². The van der Waals surface area contributed by atoms with Crippen LogP contribution in [-0.2, 0) is 6.42 Å². The van der Waals surface area contributed by atoms with Gasteiger partial charge in [-0.25, -0.2) is 0 Å². The SMILES string of the molecule is COc1ccc(CC(O)c2c(C)cccc2C)cc1OC. The van der Waals surface area contributed by atoms with Crippen LogP contribution in [0.5, 0.6) is 11.5 Å². The molecule has 0 aromatic heterocycles. The van der Waals surface area contributed by atoms with E-state index in [4.69, 9.17) is 9.47 Å². The van der Waals surface area contributed by atoms with Crippen LogP contribution >= 0.6 is 0 Å².